The van der Waals surface area contributed by atoms with Crippen LogP contribution >= 0.6 is 11.6 Å². The molecule has 0 spiro atoms. The van der Waals surface area contributed by atoms with Crippen LogP contribution in [0.25, 0.3) is 0 Å². The minimum atomic E-state index is -4.00. The first-order valence-electron chi connectivity index (χ1n) is 9.85. The van der Waals surface area contributed by atoms with Crippen molar-refractivity contribution in [3.05, 3.63) is 77.3 Å². The van der Waals surface area contributed by atoms with Gasteiger partial charge >= 0.3 is 0 Å². The highest BCUT2D eigenvalue weighted by molar-refractivity contribution is 7.92. The lowest BCUT2D eigenvalue weighted by atomic mass is 10.1. The Balaban J connectivity index is 1.66. The van der Waals surface area contributed by atoms with Crippen molar-refractivity contribution in [3.8, 4) is 11.5 Å². The van der Waals surface area contributed by atoms with Crippen LogP contribution in [0.5, 0.6) is 11.5 Å². The number of amides is 1. The predicted octanol–water partition coefficient (Wildman–Crippen LogP) is 4.46. The van der Waals surface area contributed by atoms with E-state index >= 15 is 0 Å². The fourth-order valence-corrected chi connectivity index (χ4v) is 4.09. The van der Waals surface area contributed by atoms with Crippen molar-refractivity contribution in [2.45, 2.75) is 18.2 Å². The molecule has 0 aliphatic heterocycles. The molecule has 0 bridgehead atoms. The number of ketones is 1. The first-order valence-corrected chi connectivity index (χ1v) is 11.7. The summed E-state index contributed by atoms with van der Waals surface area (Å²) in [5.41, 5.74) is 0.714. The normalized spacial score (nSPS) is 11.0. The largest absolute Gasteiger partial charge is 0.506 e. The van der Waals surface area contributed by atoms with Crippen molar-refractivity contribution < 1.29 is 27.9 Å². The lowest BCUT2D eigenvalue weighted by Gasteiger charge is -2.12. The summed E-state index contributed by atoms with van der Waals surface area (Å²) >= 11 is 5.88. The van der Waals surface area contributed by atoms with Crippen molar-refractivity contribution in [3.63, 3.8) is 0 Å². The number of phenols is 1. The molecule has 0 aliphatic rings. The van der Waals surface area contributed by atoms with Gasteiger partial charge in [-0.05, 0) is 60.7 Å². The topological polar surface area (TPSA) is 122 Å². The van der Waals surface area contributed by atoms with Crippen LogP contribution in [0, 0.1) is 0 Å². The Morgan fingerprint density at radius 3 is 2.42 bits per heavy atom. The Labute approximate surface area is 196 Å². The molecule has 3 aromatic rings. The third kappa shape index (κ3) is 6.47. The van der Waals surface area contributed by atoms with E-state index in [9.17, 15) is 23.1 Å². The van der Waals surface area contributed by atoms with Crippen LogP contribution in [0.1, 0.15) is 23.7 Å². The highest BCUT2D eigenvalue weighted by Crippen LogP contribution is 2.28. The van der Waals surface area contributed by atoms with Crippen LogP contribution in [0.2, 0.25) is 5.02 Å². The number of halogens is 1. The molecule has 3 N–H and O–H groups in total. The molecule has 0 atom stereocenters. The van der Waals surface area contributed by atoms with E-state index in [2.05, 4.69) is 10.0 Å². The number of carbonyl (C=O) groups excluding carboxylic acids is 2. The van der Waals surface area contributed by atoms with Crippen LogP contribution in [0.3, 0.4) is 0 Å². The second kappa shape index (κ2) is 10.4. The number of carbonyl (C=O) groups is 2. The highest BCUT2D eigenvalue weighted by atomic mass is 35.5. The zero-order valence-electron chi connectivity index (χ0n) is 17.5. The van der Waals surface area contributed by atoms with Crippen molar-refractivity contribution in [1.82, 2.24) is 0 Å². The quantitative estimate of drug-likeness (QED) is 0.302. The Morgan fingerprint density at radius 1 is 1.03 bits per heavy atom. The summed E-state index contributed by atoms with van der Waals surface area (Å²) in [6.45, 7) is 1.37. The third-order valence-corrected chi connectivity index (χ3v) is 6.11. The zero-order valence-corrected chi connectivity index (χ0v) is 19.1. The molecule has 33 heavy (non-hydrogen) atoms. The van der Waals surface area contributed by atoms with Crippen LogP contribution in [0.4, 0.5) is 11.4 Å². The SMILES string of the molecule is CCC(=O)c1ccc(OCC(=O)Nc2cc(S(=O)(=O)Nc3cccc(Cl)c3)ccc2O)cc1. The number of sulfonamides is 1. The van der Waals surface area contributed by atoms with E-state index in [1.807, 2.05) is 0 Å². The number of hydrogen-bond donors (Lipinski definition) is 3. The molecule has 0 fully saturated rings. The fourth-order valence-electron chi connectivity index (χ4n) is 2.82. The number of ether oxygens (including phenoxy) is 1. The molecule has 0 aromatic heterocycles. The second-order valence-corrected chi connectivity index (χ2v) is 9.05. The molecular weight excluding hydrogens is 468 g/mol. The summed E-state index contributed by atoms with van der Waals surface area (Å²) < 4.78 is 33.1. The van der Waals surface area contributed by atoms with E-state index < -0.39 is 22.5 Å². The first kappa shape index (κ1) is 24.1. The van der Waals surface area contributed by atoms with Gasteiger partial charge in [0, 0.05) is 17.0 Å². The number of benzene rings is 3. The van der Waals surface area contributed by atoms with Gasteiger partial charge in [0.2, 0.25) is 0 Å². The molecule has 1 amide bonds. The molecule has 0 aliphatic carbocycles. The minimum absolute atomic E-state index is 0.00514. The van der Waals surface area contributed by atoms with E-state index in [-0.39, 0.29) is 27.8 Å². The fraction of sp³-hybridized carbons (Fsp3) is 0.130. The molecule has 0 heterocycles. The molecule has 0 radical (unpaired) electrons. The van der Waals surface area contributed by atoms with Crippen LogP contribution in [-0.4, -0.2) is 31.8 Å². The standard InChI is InChI=1S/C23H21ClN2O6S/c1-2-21(27)15-6-8-18(9-7-15)32-14-23(29)25-20-13-19(10-11-22(20)28)33(30,31)26-17-5-3-4-16(24)12-17/h3-13,26,28H,2,14H2,1H3,(H,25,29). The van der Waals surface area contributed by atoms with Gasteiger partial charge in [-0.1, -0.05) is 24.6 Å². The molecular formula is C23H21ClN2O6S. The number of aromatic hydroxyl groups is 1. The molecule has 10 heteroatoms. The average molecular weight is 489 g/mol. The number of phenolic OH excluding ortho intramolecular Hbond substituents is 1. The van der Waals surface area contributed by atoms with E-state index in [0.717, 1.165) is 12.1 Å². The zero-order chi connectivity index (χ0) is 24.0. The summed E-state index contributed by atoms with van der Waals surface area (Å²) in [5, 5.41) is 12.8. The monoisotopic (exact) mass is 488 g/mol. The highest BCUT2D eigenvalue weighted by Gasteiger charge is 2.18. The maximum atomic E-state index is 12.7. The summed E-state index contributed by atoms with van der Waals surface area (Å²) in [4.78, 5) is 23.8. The number of rotatable bonds is 9. The molecule has 0 unspecified atom stereocenters. The smallest absolute Gasteiger partial charge is 0.262 e. The predicted molar refractivity (Wildman–Crippen MR) is 126 cm³/mol. The summed E-state index contributed by atoms with van der Waals surface area (Å²) in [5.74, 6) is -0.553. The van der Waals surface area contributed by atoms with Crippen molar-refractivity contribution in [1.29, 1.82) is 0 Å². The Kier molecular flexibility index (Phi) is 7.57. The van der Waals surface area contributed by atoms with Gasteiger partial charge in [-0.2, -0.15) is 0 Å². The van der Waals surface area contributed by atoms with Crippen molar-refractivity contribution >= 4 is 44.7 Å². The van der Waals surface area contributed by atoms with Crippen LogP contribution in [0.15, 0.2) is 71.6 Å². The Morgan fingerprint density at radius 2 is 1.76 bits per heavy atom. The van der Waals surface area contributed by atoms with Crippen LogP contribution in [-0.2, 0) is 14.8 Å². The third-order valence-electron chi connectivity index (χ3n) is 4.50. The molecule has 0 saturated carbocycles. The second-order valence-electron chi connectivity index (χ2n) is 6.93. The van der Waals surface area contributed by atoms with Gasteiger partial charge in [-0.15, -0.1) is 0 Å². The van der Waals surface area contributed by atoms with E-state index in [0.29, 0.717) is 22.8 Å². The van der Waals surface area contributed by atoms with Gasteiger partial charge in [0.25, 0.3) is 15.9 Å². The minimum Gasteiger partial charge on any atom is -0.506 e. The lowest BCUT2D eigenvalue weighted by Crippen LogP contribution is -2.20. The van der Waals surface area contributed by atoms with E-state index in [4.69, 9.17) is 16.3 Å². The Bertz CT molecular complexity index is 1280. The molecule has 8 nitrogen and oxygen atoms in total. The van der Waals surface area contributed by atoms with Gasteiger partial charge in [-0.3, -0.25) is 14.3 Å². The summed E-state index contributed by atoms with van der Waals surface area (Å²) in [7, 11) is -4.00. The first-order chi connectivity index (χ1) is 15.7. The number of hydrogen-bond acceptors (Lipinski definition) is 6. The van der Waals surface area contributed by atoms with Crippen LogP contribution < -0.4 is 14.8 Å². The van der Waals surface area contributed by atoms with Crippen molar-refractivity contribution in [2.75, 3.05) is 16.6 Å². The van der Waals surface area contributed by atoms with Gasteiger partial charge in [-0.25, -0.2) is 8.42 Å². The molecule has 3 aromatic carbocycles. The van der Waals surface area contributed by atoms with Gasteiger partial charge in [0.1, 0.15) is 11.5 Å². The van der Waals surface area contributed by atoms with Gasteiger partial charge in [0.15, 0.2) is 12.4 Å². The molecule has 172 valence electrons. The average Bonchev–Trinajstić information content (AvgIpc) is 2.78. The van der Waals surface area contributed by atoms with Crippen molar-refractivity contribution in [2.24, 2.45) is 0 Å². The van der Waals surface area contributed by atoms with E-state index in [1.54, 1.807) is 43.3 Å². The number of nitrogens with one attached hydrogen (secondary N) is 2. The molecule has 0 saturated heterocycles. The maximum absolute atomic E-state index is 12.7. The van der Waals surface area contributed by atoms with E-state index in [1.165, 1.54) is 18.2 Å². The Hall–Kier alpha value is -3.56. The maximum Gasteiger partial charge on any atom is 0.262 e. The van der Waals surface area contributed by atoms with Gasteiger partial charge in [0.05, 0.1) is 16.3 Å². The van der Waals surface area contributed by atoms with Gasteiger partial charge < -0.3 is 15.2 Å². The summed E-state index contributed by atoms with van der Waals surface area (Å²) in [6, 6.07) is 16.0. The number of anilines is 2. The lowest BCUT2D eigenvalue weighted by molar-refractivity contribution is -0.118. The molecule has 3 rings (SSSR count). The summed E-state index contributed by atoms with van der Waals surface area (Å²) in [6.07, 6.45) is 0.384. The number of Topliss-reactive ketones (excluding diaryl/α,β-unsaturated/α-hetero) is 1.